The molecule has 0 saturated heterocycles. The number of fused-ring (bicyclic) bond motifs is 3. The van der Waals surface area contributed by atoms with Crippen molar-refractivity contribution < 1.29 is 4.79 Å². The predicted octanol–water partition coefficient (Wildman–Crippen LogP) is 4.22. The Hall–Kier alpha value is -1.98. The normalized spacial score (nSPS) is 19.9. The van der Waals surface area contributed by atoms with Crippen molar-refractivity contribution in [1.82, 2.24) is 5.32 Å². The Morgan fingerprint density at radius 2 is 1.92 bits per heavy atom. The molecule has 3 aliphatic rings. The summed E-state index contributed by atoms with van der Waals surface area (Å²) in [4.78, 5) is 13.8. The van der Waals surface area contributed by atoms with Crippen LogP contribution in [0.1, 0.15) is 42.4 Å². The number of carbonyl (C=O) groups is 1. The molecular weight excluding hydrogens is 342 g/mol. The Morgan fingerprint density at radius 3 is 2.81 bits per heavy atom. The first-order valence-corrected chi connectivity index (χ1v) is 10.3. The first-order chi connectivity index (χ1) is 12.7. The highest BCUT2D eigenvalue weighted by Gasteiger charge is 2.48. The van der Waals surface area contributed by atoms with E-state index in [9.17, 15) is 4.79 Å². The van der Waals surface area contributed by atoms with Crippen LogP contribution in [0.2, 0.25) is 0 Å². The molecule has 3 N–H and O–H groups in total. The summed E-state index contributed by atoms with van der Waals surface area (Å²) in [5.41, 5.74) is 5.81. The lowest BCUT2D eigenvalue weighted by atomic mass is 9.80. The van der Waals surface area contributed by atoms with Crippen LogP contribution in [-0.4, -0.2) is 12.5 Å². The molecule has 0 aromatic heterocycles. The number of amides is 1. The van der Waals surface area contributed by atoms with Gasteiger partial charge in [0.2, 0.25) is 5.91 Å². The van der Waals surface area contributed by atoms with E-state index < -0.39 is 0 Å². The van der Waals surface area contributed by atoms with Crippen LogP contribution in [0.4, 0.5) is 11.4 Å². The molecule has 0 radical (unpaired) electrons. The van der Waals surface area contributed by atoms with Crippen LogP contribution in [0.5, 0.6) is 0 Å². The zero-order chi connectivity index (χ0) is 17.6. The van der Waals surface area contributed by atoms with Crippen molar-refractivity contribution >= 4 is 29.2 Å². The van der Waals surface area contributed by atoms with Gasteiger partial charge >= 0.3 is 0 Å². The molecule has 1 spiro atoms. The standard InChI is InChI=1S/C21H23N3OS/c25-20-21(8-1-2-9-21)18-12-16(4-6-19(18)23-20)24-26-17-5-3-14-7-10-22-13-15(14)11-17/h3-6,11-12,22,24H,1-2,7-10,13H2,(H,23,25). The van der Waals surface area contributed by atoms with Crippen LogP contribution >= 0.6 is 11.9 Å². The Labute approximate surface area is 158 Å². The second kappa shape index (κ2) is 6.32. The van der Waals surface area contributed by atoms with Crippen molar-refractivity contribution in [3.05, 3.63) is 53.1 Å². The number of rotatable bonds is 3. The van der Waals surface area contributed by atoms with Crippen LogP contribution < -0.4 is 15.4 Å². The summed E-state index contributed by atoms with van der Waals surface area (Å²) in [6, 6.07) is 13.0. The SMILES string of the molecule is O=C1Nc2ccc(NSc3ccc4c(c3)CNCC4)cc2C12CCCC2. The molecule has 134 valence electrons. The van der Waals surface area contributed by atoms with Gasteiger partial charge < -0.3 is 15.4 Å². The fraction of sp³-hybridized carbons (Fsp3) is 0.381. The molecular formula is C21H23N3OS. The van der Waals surface area contributed by atoms with E-state index in [0.29, 0.717) is 0 Å². The van der Waals surface area contributed by atoms with Gasteiger partial charge in [0.1, 0.15) is 0 Å². The molecule has 4 nitrogen and oxygen atoms in total. The Balaban J connectivity index is 1.36. The molecule has 1 aliphatic carbocycles. The van der Waals surface area contributed by atoms with Crippen LogP contribution in [-0.2, 0) is 23.2 Å². The molecule has 1 fully saturated rings. The summed E-state index contributed by atoms with van der Waals surface area (Å²) in [5, 5.41) is 6.52. The second-order valence-electron chi connectivity index (χ2n) is 7.57. The van der Waals surface area contributed by atoms with Gasteiger partial charge in [0.25, 0.3) is 0 Å². The van der Waals surface area contributed by atoms with Gasteiger partial charge in [-0.1, -0.05) is 18.9 Å². The zero-order valence-electron chi connectivity index (χ0n) is 14.7. The smallest absolute Gasteiger partial charge is 0.235 e. The minimum Gasteiger partial charge on any atom is -0.326 e. The van der Waals surface area contributed by atoms with Gasteiger partial charge in [0.15, 0.2) is 0 Å². The van der Waals surface area contributed by atoms with E-state index >= 15 is 0 Å². The lowest BCUT2D eigenvalue weighted by molar-refractivity contribution is -0.120. The van der Waals surface area contributed by atoms with Crippen LogP contribution in [0.3, 0.4) is 0 Å². The highest BCUT2D eigenvalue weighted by Crippen LogP contribution is 2.49. The van der Waals surface area contributed by atoms with Crippen molar-refractivity contribution in [1.29, 1.82) is 0 Å². The van der Waals surface area contributed by atoms with Crippen molar-refractivity contribution in [2.24, 2.45) is 0 Å². The molecule has 2 aromatic rings. The number of nitrogens with one attached hydrogen (secondary N) is 3. The van der Waals surface area contributed by atoms with Crippen LogP contribution in [0.15, 0.2) is 41.3 Å². The highest BCUT2D eigenvalue weighted by molar-refractivity contribution is 8.00. The zero-order valence-corrected chi connectivity index (χ0v) is 15.5. The highest BCUT2D eigenvalue weighted by atomic mass is 32.2. The van der Waals surface area contributed by atoms with Gasteiger partial charge in [-0.2, -0.15) is 0 Å². The number of anilines is 2. The maximum atomic E-state index is 12.5. The van der Waals surface area contributed by atoms with Gasteiger partial charge in [-0.3, -0.25) is 4.79 Å². The van der Waals surface area contributed by atoms with Crippen molar-refractivity contribution in [2.45, 2.75) is 49.0 Å². The topological polar surface area (TPSA) is 53.2 Å². The second-order valence-corrected chi connectivity index (χ2v) is 8.44. The molecule has 0 unspecified atom stereocenters. The molecule has 1 saturated carbocycles. The third kappa shape index (κ3) is 2.61. The Bertz CT molecular complexity index is 874. The van der Waals surface area contributed by atoms with E-state index in [4.69, 9.17) is 0 Å². The lowest BCUT2D eigenvalue weighted by Gasteiger charge is -2.21. The summed E-state index contributed by atoms with van der Waals surface area (Å²) in [6.45, 7) is 2.03. The maximum absolute atomic E-state index is 12.5. The Kier molecular flexibility index (Phi) is 3.94. The fourth-order valence-electron chi connectivity index (χ4n) is 4.59. The fourth-order valence-corrected chi connectivity index (χ4v) is 5.29. The molecule has 5 rings (SSSR count). The maximum Gasteiger partial charge on any atom is 0.235 e. The summed E-state index contributed by atoms with van der Waals surface area (Å²) in [5.74, 6) is 0.192. The third-order valence-corrected chi connectivity index (χ3v) is 6.85. The average Bonchev–Trinajstić information content (AvgIpc) is 3.27. The summed E-state index contributed by atoms with van der Waals surface area (Å²) in [7, 11) is 0. The molecule has 5 heteroatoms. The third-order valence-electron chi connectivity index (χ3n) is 6.03. The molecule has 2 aliphatic heterocycles. The van der Waals surface area contributed by atoms with Gasteiger partial charge in [-0.25, -0.2) is 0 Å². The minimum absolute atomic E-state index is 0.192. The van der Waals surface area contributed by atoms with E-state index in [1.807, 2.05) is 6.07 Å². The van der Waals surface area contributed by atoms with Gasteiger partial charge in [-0.05, 0) is 84.8 Å². The van der Waals surface area contributed by atoms with E-state index in [-0.39, 0.29) is 11.3 Å². The lowest BCUT2D eigenvalue weighted by Crippen LogP contribution is -2.30. The largest absolute Gasteiger partial charge is 0.326 e. The summed E-state index contributed by atoms with van der Waals surface area (Å²) < 4.78 is 3.48. The van der Waals surface area contributed by atoms with Crippen LogP contribution in [0, 0.1) is 0 Å². The predicted molar refractivity (Wildman–Crippen MR) is 107 cm³/mol. The van der Waals surface area contributed by atoms with E-state index in [2.05, 4.69) is 45.7 Å². The molecule has 2 heterocycles. The number of hydrogen-bond donors (Lipinski definition) is 3. The first kappa shape index (κ1) is 16.2. The molecule has 0 bridgehead atoms. The van der Waals surface area contributed by atoms with Crippen molar-refractivity contribution in [3.63, 3.8) is 0 Å². The summed E-state index contributed by atoms with van der Waals surface area (Å²) >= 11 is 1.64. The quantitative estimate of drug-likeness (QED) is 0.713. The molecule has 2 aromatic carbocycles. The average molecular weight is 366 g/mol. The van der Waals surface area contributed by atoms with Crippen molar-refractivity contribution in [3.8, 4) is 0 Å². The number of carbonyl (C=O) groups excluding carboxylic acids is 1. The van der Waals surface area contributed by atoms with Gasteiger partial charge in [-0.15, -0.1) is 0 Å². The van der Waals surface area contributed by atoms with Crippen molar-refractivity contribution in [2.75, 3.05) is 16.6 Å². The van der Waals surface area contributed by atoms with E-state index in [1.54, 1.807) is 11.9 Å². The number of hydrogen-bond acceptors (Lipinski definition) is 4. The minimum atomic E-state index is -0.283. The summed E-state index contributed by atoms with van der Waals surface area (Å²) in [6.07, 6.45) is 5.34. The van der Waals surface area contributed by atoms with Gasteiger partial charge in [0, 0.05) is 22.8 Å². The number of benzene rings is 2. The van der Waals surface area contributed by atoms with E-state index in [1.165, 1.54) is 21.6 Å². The Morgan fingerprint density at radius 1 is 1.04 bits per heavy atom. The molecule has 0 atom stereocenters. The monoisotopic (exact) mass is 365 g/mol. The molecule has 26 heavy (non-hydrogen) atoms. The van der Waals surface area contributed by atoms with Crippen LogP contribution in [0.25, 0.3) is 0 Å². The first-order valence-electron chi connectivity index (χ1n) is 9.46. The molecule has 1 amide bonds. The van der Waals surface area contributed by atoms with Gasteiger partial charge in [0.05, 0.1) is 5.41 Å². The van der Waals surface area contributed by atoms with E-state index in [0.717, 1.165) is 56.6 Å².